The first-order chi connectivity index (χ1) is 15.0. The van der Waals surface area contributed by atoms with Crippen LogP contribution in [0.25, 0.3) is 16.8 Å². The van der Waals surface area contributed by atoms with Crippen LogP contribution < -0.4 is 16.8 Å². The molecule has 3 rings (SSSR count). The third kappa shape index (κ3) is 5.00. The van der Waals surface area contributed by atoms with Gasteiger partial charge in [0.2, 0.25) is 0 Å². The Hall–Kier alpha value is -3.45. The molecule has 0 unspecified atom stereocenters. The molecule has 1 aromatic heterocycles. The van der Waals surface area contributed by atoms with Gasteiger partial charge in [-0.2, -0.15) is 0 Å². The summed E-state index contributed by atoms with van der Waals surface area (Å²) in [5.74, 6) is 0.0645. The summed E-state index contributed by atoms with van der Waals surface area (Å²) >= 11 is 0. The van der Waals surface area contributed by atoms with Gasteiger partial charge in [0.25, 0.3) is 5.91 Å². The molecule has 0 saturated carbocycles. The first kappa shape index (κ1) is 22.2. The first-order valence-corrected chi connectivity index (χ1v) is 10.5. The van der Waals surface area contributed by atoms with E-state index >= 15 is 0 Å². The molecular formula is C24H30N6O. The summed E-state index contributed by atoms with van der Waals surface area (Å²) in [7, 11) is 0. The molecule has 31 heavy (non-hydrogen) atoms. The maximum absolute atomic E-state index is 13.0. The molecular weight excluding hydrogens is 388 g/mol. The third-order valence-electron chi connectivity index (χ3n) is 5.34. The summed E-state index contributed by atoms with van der Waals surface area (Å²) < 4.78 is 0. The second-order valence-electron chi connectivity index (χ2n) is 7.50. The number of carbonyl (C=O) groups is 1. The molecule has 0 radical (unpaired) electrons. The zero-order chi connectivity index (χ0) is 22.4. The number of amides is 1. The number of carbonyl (C=O) groups excluding carboxylic acids is 1. The molecule has 7 heteroatoms. The zero-order valence-corrected chi connectivity index (χ0v) is 18.2. The van der Waals surface area contributed by atoms with Crippen LogP contribution in [0.1, 0.15) is 34.1 Å². The molecule has 1 saturated heterocycles. The van der Waals surface area contributed by atoms with E-state index in [-0.39, 0.29) is 5.91 Å². The number of aromatic nitrogens is 2. The number of piperazine rings is 1. The standard InChI is InChI=1S/C24H30N6O/c1-4-21-22(19(14-25)6-5-17(3)26)23(29-15-28-21)18-7-8-20(16(2)13-18)24(31)30-11-9-27-10-12-30/h5-8,13-15,27H,3-4,9-12,25-26H2,1-2H3/b6-5-,19-14+. The minimum Gasteiger partial charge on any atom is -0.404 e. The second-order valence-corrected chi connectivity index (χ2v) is 7.50. The van der Waals surface area contributed by atoms with Crippen LogP contribution >= 0.6 is 0 Å². The number of nitrogens with zero attached hydrogens (tertiary/aromatic N) is 3. The number of rotatable bonds is 6. The van der Waals surface area contributed by atoms with Gasteiger partial charge in [0.15, 0.2) is 0 Å². The second kappa shape index (κ2) is 10.0. The fourth-order valence-electron chi connectivity index (χ4n) is 3.72. The van der Waals surface area contributed by atoms with Crippen molar-refractivity contribution < 1.29 is 4.79 Å². The van der Waals surface area contributed by atoms with Crippen molar-refractivity contribution in [1.82, 2.24) is 20.2 Å². The highest BCUT2D eigenvalue weighted by Gasteiger charge is 2.21. The van der Waals surface area contributed by atoms with Crippen molar-refractivity contribution in [3.8, 4) is 11.3 Å². The Labute approximate surface area is 183 Å². The Morgan fingerprint density at radius 3 is 2.61 bits per heavy atom. The lowest BCUT2D eigenvalue weighted by Gasteiger charge is -2.28. The average Bonchev–Trinajstić information content (AvgIpc) is 2.79. The van der Waals surface area contributed by atoms with E-state index in [1.807, 2.05) is 43.0 Å². The Morgan fingerprint density at radius 2 is 2.00 bits per heavy atom. The number of aryl methyl sites for hydroxylation is 2. The summed E-state index contributed by atoms with van der Waals surface area (Å²) in [6.45, 7) is 10.8. The van der Waals surface area contributed by atoms with Gasteiger partial charge in [-0.15, -0.1) is 0 Å². The number of allylic oxidation sites excluding steroid dienone is 3. The van der Waals surface area contributed by atoms with Crippen molar-refractivity contribution in [2.45, 2.75) is 20.3 Å². The predicted molar refractivity (Wildman–Crippen MR) is 125 cm³/mol. The summed E-state index contributed by atoms with van der Waals surface area (Å²) in [5, 5.41) is 3.27. The van der Waals surface area contributed by atoms with Crippen molar-refractivity contribution in [3.05, 3.63) is 77.5 Å². The molecule has 5 N–H and O–H groups in total. The molecule has 0 aliphatic carbocycles. The van der Waals surface area contributed by atoms with Crippen LogP contribution in [0, 0.1) is 6.92 Å². The molecule has 1 amide bonds. The maximum atomic E-state index is 13.0. The summed E-state index contributed by atoms with van der Waals surface area (Å²) in [5.41, 5.74) is 17.9. The molecule has 0 spiro atoms. The van der Waals surface area contributed by atoms with E-state index in [1.54, 1.807) is 12.4 Å². The Balaban J connectivity index is 2.04. The highest BCUT2D eigenvalue weighted by molar-refractivity contribution is 5.96. The van der Waals surface area contributed by atoms with Crippen LogP contribution in [0.15, 0.2) is 55.2 Å². The van der Waals surface area contributed by atoms with Crippen molar-refractivity contribution in [1.29, 1.82) is 0 Å². The summed E-state index contributed by atoms with van der Waals surface area (Å²) in [4.78, 5) is 23.9. The van der Waals surface area contributed by atoms with Crippen molar-refractivity contribution in [2.75, 3.05) is 26.2 Å². The fourth-order valence-corrected chi connectivity index (χ4v) is 3.72. The lowest BCUT2D eigenvalue weighted by atomic mass is 9.94. The number of hydrogen-bond acceptors (Lipinski definition) is 6. The molecule has 7 nitrogen and oxygen atoms in total. The summed E-state index contributed by atoms with van der Waals surface area (Å²) in [6.07, 6.45) is 7.33. The molecule has 0 atom stereocenters. The quantitative estimate of drug-likeness (QED) is 0.622. The molecule has 162 valence electrons. The van der Waals surface area contributed by atoms with Crippen molar-refractivity contribution in [2.24, 2.45) is 11.5 Å². The Morgan fingerprint density at radius 1 is 1.26 bits per heavy atom. The van der Waals surface area contributed by atoms with E-state index in [1.165, 1.54) is 6.20 Å². The lowest BCUT2D eigenvalue weighted by Crippen LogP contribution is -2.46. The smallest absolute Gasteiger partial charge is 0.254 e. The molecule has 1 aliphatic rings. The van der Waals surface area contributed by atoms with Crippen LogP contribution in [0.4, 0.5) is 0 Å². The highest BCUT2D eigenvalue weighted by Crippen LogP contribution is 2.31. The SMILES string of the molecule is C=C(N)/C=C\C(=C/N)c1c(CC)ncnc1-c1ccc(C(=O)N2CCNCC2)c(C)c1. The third-order valence-corrected chi connectivity index (χ3v) is 5.34. The van der Waals surface area contributed by atoms with Crippen LogP contribution in [0.3, 0.4) is 0 Å². The van der Waals surface area contributed by atoms with Crippen LogP contribution in [0.2, 0.25) is 0 Å². The van der Waals surface area contributed by atoms with Gasteiger partial charge in [-0.1, -0.05) is 25.6 Å². The predicted octanol–water partition coefficient (Wildman–Crippen LogP) is 2.39. The number of nitrogens with one attached hydrogen (secondary N) is 1. The van der Waals surface area contributed by atoms with Crippen LogP contribution in [0.5, 0.6) is 0 Å². The van der Waals surface area contributed by atoms with E-state index in [0.717, 1.165) is 66.3 Å². The highest BCUT2D eigenvalue weighted by atomic mass is 16.2. The normalized spacial score (nSPS) is 14.8. The van der Waals surface area contributed by atoms with Crippen molar-refractivity contribution in [3.63, 3.8) is 0 Å². The Bertz CT molecular complexity index is 1030. The largest absolute Gasteiger partial charge is 0.404 e. The maximum Gasteiger partial charge on any atom is 0.254 e. The van der Waals surface area contributed by atoms with Gasteiger partial charge in [0, 0.05) is 60.3 Å². The summed E-state index contributed by atoms with van der Waals surface area (Å²) in [6, 6.07) is 5.82. The van der Waals surface area contributed by atoms with Crippen LogP contribution in [-0.2, 0) is 6.42 Å². The lowest BCUT2D eigenvalue weighted by molar-refractivity contribution is 0.0735. The van der Waals surface area contributed by atoms with Crippen LogP contribution in [-0.4, -0.2) is 47.0 Å². The van der Waals surface area contributed by atoms with E-state index in [9.17, 15) is 4.79 Å². The average molecular weight is 419 g/mol. The topological polar surface area (TPSA) is 110 Å². The van der Waals surface area contributed by atoms with Gasteiger partial charge in [0.05, 0.1) is 11.4 Å². The van der Waals surface area contributed by atoms with Gasteiger partial charge in [0.1, 0.15) is 6.33 Å². The van der Waals surface area contributed by atoms with E-state index in [0.29, 0.717) is 11.3 Å². The van der Waals surface area contributed by atoms with Gasteiger partial charge in [-0.3, -0.25) is 4.79 Å². The Kier molecular flexibility index (Phi) is 7.20. The molecule has 1 fully saturated rings. The minimum atomic E-state index is 0.0645. The zero-order valence-electron chi connectivity index (χ0n) is 18.2. The van der Waals surface area contributed by atoms with E-state index in [4.69, 9.17) is 11.5 Å². The molecule has 2 aromatic rings. The molecule has 1 aliphatic heterocycles. The van der Waals surface area contributed by atoms with Gasteiger partial charge < -0.3 is 21.7 Å². The monoisotopic (exact) mass is 418 g/mol. The number of hydrogen-bond donors (Lipinski definition) is 3. The van der Waals surface area contributed by atoms with E-state index < -0.39 is 0 Å². The van der Waals surface area contributed by atoms with Gasteiger partial charge in [-0.05, 0) is 37.1 Å². The fraction of sp³-hybridized carbons (Fsp3) is 0.292. The number of nitrogens with two attached hydrogens (primary N) is 2. The molecule has 1 aromatic carbocycles. The number of benzene rings is 1. The minimum absolute atomic E-state index is 0.0645. The first-order valence-electron chi connectivity index (χ1n) is 10.5. The molecule has 2 heterocycles. The molecule has 0 bridgehead atoms. The van der Waals surface area contributed by atoms with Gasteiger partial charge in [-0.25, -0.2) is 9.97 Å². The van der Waals surface area contributed by atoms with E-state index in [2.05, 4.69) is 21.9 Å². The van der Waals surface area contributed by atoms with Crippen molar-refractivity contribution >= 4 is 11.5 Å². The van der Waals surface area contributed by atoms with Gasteiger partial charge >= 0.3 is 0 Å².